The van der Waals surface area contributed by atoms with E-state index in [1.165, 1.54) is 0 Å². The van der Waals surface area contributed by atoms with Gasteiger partial charge in [0.15, 0.2) is 15.5 Å². The molecule has 3 rings (SSSR count). The van der Waals surface area contributed by atoms with Crippen molar-refractivity contribution in [3.05, 3.63) is 17.5 Å². The summed E-state index contributed by atoms with van der Waals surface area (Å²) in [6, 6.07) is 3.77. The van der Waals surface area contributed by atoms with Crippen LogP contribution in [0.25, 0.3) is 0 Å². The Morgan fingerprint density at radius 2 is 2.18 bits per heavy atom. The van der Waals surface area contributed by atoms with Gasteiger partial charge in [-0.3, -0.25) is 4.68 Å². The molecule has 1 atom stereocenters. The molecule has 1 aromatic heterocycles. The van der Waals surface area contributed by atoms with Gasteiger partial charge in [0, 0.05) is 11.6 Å². The molecule has 2 aliphatic rings. The molecule has 0 spiro atoms. The second-order valence-corrected chi connectivity index (χ2v) is 7.07. The van der Waals surface area contributed by atoms with E-state index in [4.69, 9.17) is 5.26 Å². The molecule has 1 aliphatic heterocycles. The van der Waals surface area contributed by atoms with Gasteiger partial charge in [-0.1, -0.05) is 0 Å². The van der Waals surface area contributed by atoms with Gasteiger partial charge in [0.05, 0.1) is 17.5 Å². The van der Waals surface area contributed by atoms with E-state index in [9.17, 15) is 8.42 Å². The number of nitriles is 1. The first-order chi connectivity index (χ1) is 8.09. The molecule has 1 aliphatic carbocycles. The van der Waals surface area contributed by atoms with E-state index in [2.05, 4.69) is 5.10 Å². The molecule has 2 fully saturated rings. The van der Waals surface area contributed by atoms with Gasteiger partial charge in [-0.05, 0) is 25.3 Å². The molecule has 0 amide bonds. The van der Waals surface area contributed by atoms with Crippen LogP contribution in [0.3, 0.4) is 0 Å². The largest absolute Gasteiger partial charge is 0.264 e. The third kappa shape index (κ3) is 1.95. The minimum Gasteiger partial charge on any atom is -0.264 e. The maximum atomic E-state index is 11.5. The number of aromatic nitrogens is 2. The summed E-state index contributed by atoms with van der Waals surface area (Å²) in [6.07, 6.45) is 2.86. The van der Waals surface area contributed by atoms with E-state index in [1.807, 2.05) is 12.1 Å². The van der Waals surface area contributed by atoms with Gasteiger partial charge in [0.25, 0.3) is 0 Å². The Hall–Kier alpha value is -1.35. The molecule has 1 saturated heterocycles. The topological polar surface area (TPSA) is 75.8 Å². The summed E-state index contributed by atoms with van der Waals surface area (Å²) in [5.41, 5.74) is 1.44. The lowest BCUT2D eigenvalue weighted by Gasteiger charge is -2.12. The van der Waals surface area contributed by atoms with Crippen LogP contribution < -0.4 is 0 Å². The van der Waals surface area contributed by atoms with E-state index >= 15 is 0 Å². The fourth-order valence-electron chi connectivity index (χ4n) is 2.41. The quantitative estimate of drug-likeness (QED) is 0.785. The lowest BCUT2D eigenvalue weighted by atomic mass is 10.2. The molecule has 17 heavy (non-hydrogen) atoms. The number of sulfone groups is 1. The smallest absolute Gasteiger partial charge is 0.162 e. The zero-order valence-corrected chi connectivity index (χ0v) is 10.2. The number of rotatable bonds is 2. The van der Waals surface area contributed by atoms with E-state index in [-0.39, 0.29) is 17.5 Å². The highest BCUT2D eigenvalue weighted by Crippen LogP contribution is 2.42. The standard InChI is InChI=1S/C11H13N3O2S/c12-6-9-5-11(8-1-2-8)14(13-9)10-3-4-17(15,16)7-10/h5,8,10H,1-4,7H2. The van der Waals surface area contributed by atoms with E-state index in [1.54, 1.807) is 4.68 Å². The monoisotopic (exact) mass is 251 g/mol. The summed E-state index contributed by atoms with van der Waals surface area (Å²) >= 11 is 0. The Labute approximate surface area is 100.0 Å². The molecule has 0 bridgehead atoms. The molecule has 6 heteroatoms. The van der Waals surface area contributed by atoms with Crippen molar-refractivity contribution >= 4 is 9.84 Å². The van der Waals surface area contributed by atoms with Crippen molar-refractivity contribution in [1.29, 1.82) is 5.26 Å². The fraction of sp³-hybridized carbons (Fsp3) is 0.636. The third-order valence-corrected chi connectivity index (χ3v) is 5.18. The molecular formula is C11H13N3O2S. The Morgan fingerprint density at radius 1 is 1.41 bits per heavy atom. The summed E-state index contributed by atoms with van der Waals surface area (Å²) in [5, 5.41) is 13.1. The molecular weight excluding hydrogens is 238 g/mol. The Morgan fingerprint density at radius 3 is 2.71 bits per heavy atom. The Balaban J connectivity index is 1.97. The molecule has 0 aromatic carbocycles. The van der Waals surface area contributed by atoms with Crippen LogP contribution in [-0.2, 0) is 9.84 Å². The van der Waals surface area contributed by atoms with Crippen molar-refractivity contribution in [2.24, 2.45) is 0 Å². The molecule has 1 aromatic rings. The number of nitrogens with zero attached hydrogens (tertiary/aromatic N) is 3. The minimum atomic E-state index is -2.91. The first kappa shape index (κ1) is 10.8. The van der Waals surface area contributed by atoms with Gasteiger partial charge in [-0.25, -0.2) is 8.42 Å². The van der Waals surface area contributed by atoms with Crippen LogP contribution in [0.1, 0.15) is 42.6 Å². The molecule has 1 unspecified atom stereocenters. The average molecular weight is 251 g/mol. The summed E-state index contributed by atoms with van der Waals surface area (Å²) in [4.78, 5) is 0. The van der Waals surface area contributed by atoms with Crippen LogP contribution in [0.15, 0.2) is 6.07 Å². The first-order valence-electron chi connectivity index (χ1n) is 5.79. The predicted molar refractivity (Wildman–Crippen MR) is 61.2 cm³/mol. The number of hydrogen-bond donors (Lipinski definition) is 0. The highest BCUT2D eigenvalue weighted by molar-refractivity contribution is 7.91. The maximum absolute atomic E-state index is 11.5. The zero-order valence-electron chi connectivity index (χ0n) is 9.33. The van der Waals surface area contributed by atoms with Gasteiger partial charge >= 0.3 is 0 Å². The summed E-state index contributed by atoms with van der Waals surface area (Å²) in [6.45, 7) is 0. The van der Waals surface area contributed by atoms with E-state index in [0.29, 0.717) is 18.0 Å². The molecule has 0 N–H and O–H groups in total. The number of hydrogen-bond acceptors (Lipinski definition) is 4. The van der Waals surface area contributed by atoms with Gasteiger partial charge in [-0.15, -0.1) is 0 Å². The van der Waals surface area contributed by atoms with Crippen molar-refractivity contribution in [2.75, 3.05) is 11.5 Å². The third-order valence-electron chi connectivity index (χ3n) is 3.43. The van der Waals surface area contributed by atoms with Gasteiger partial charge in [-0.2, -0.15) is 10.4 Å². The average Bonchev–Trinajstić information content (AvgIpc) is 2.94. The van der Waals surface area contributed by atoms with Crippen LogP contribution in [0.5, 0.6) is 0 Å². The normalized spacial score (nSPS) is 26.9. The van der Waals surface area contributed by atoms with Crippen molar-refractivity contribution in [2.45, 2.75) is 31.2 Å². The van der Waals surface area contributed by atoms with Crippen molar-refractivity contribution in [3.63, 3.8) is 0 Å². The summed E-state index contributed by atoms with van der Waals surface area (Å²) < 4.78 is 24.8. The highest BCUT2D eigenvalue weighted by Gasteiger charge is 2.35. The molecule has 1 saturated carbocycles. The minimum absolute atomic E-state index is 0.0716. The van der Waals surface area contributed by atoms with Crippen LogP contribution in [0.2, 0.25) is 0 Å². The maximum Gasteiger partial charge on any atom is 0.162 e. The first-order valence-corrected chi connectivity index (χ1v) is 7.61. The highest BCUT2D eigenvalue weighted by atomic mass is 32.2. The van der Waals surface area contributed by atoms with E-state index < -0.39 is 9.84 Å². The lowest BCUT2D eigenvalue weighted by Crippen LogP contribution is -2.14. The van der Waals surface area contributed by atoms with Gasteiger partial charge in [0.1, 0.15) is 6.07 Å². The van der Waals surface area contributed by atoms with E-state index in [0.717, 1.165) is 18.5 Å². The molecule has 5 nitrogen and oxygen atoms in total. The summed E-state index contributed by atoms with van der Waals surface area (Å²) in [7, 11) is -2.91. The summed E-state index contributed by atoms with van der Waals surface area (Å²) in [5.74, 6) is 0.885. The molecule has 90 valence electrons. The second kappa shape index (κ2) is 3.57. The second-order valence-electron chi connectivity index (χ2n) is 4.84. The van der Waals surface area contributed by atoms with Crippen LogP contribution >= 0.6 is 0 Å². The van der Waals surface area contributed by atoms with Gasteiger partial charge < -0.3 is 0 Å². The van der Waals surface area contributed by atoms with Gasteiger partial charge in [0.2, 0.25) is 0 Å². The Kier molecular flexibility index (Phi) is 2.26. The SMILES string of the molecule is N#Cc1cc(C2CC2)n(C2CCS(=O)(=O)C2)n1. The zero-order chi connectivity index (χ0) is 12.0. The van der Waals surface area contributed by atoms with Crippen molar-refractivity contribution in [3.8, 4) is 6.07 Å². The molecule has 0 radical (unpaired) electrons. The fourth-order valence-corrected chi connectivity index (χ4v) is 4.10. The predicted octanol–water partition coefficient (Wildman–Crippen LogP) is 0.992. The van der Waals surface area contributed by atoms with Crippen LogP contribution in [-0.4, -0.2) is 29.7 Å². The van der Waals surface area contributed by atoms with Crippen LogP contribution in [0.4, 0.5) is 0 Å². The van der Waals surface area contributed by atoms with Crippen LogP contribution in [0, 0.1) is 11.3 Å². The van der Waals surface area contributed by atoms with Crippen molar-refractivity contribution < 1.29 is 8.42 Å². The van der Waals surface area contributed by atoms with Crippen molar-refractivity contribution in [1.82, 2.24) is 9.78 Å². The Bertz CT molecular complexity index is 593. The lowest BCUT2D eigenvalue weighted by molar-refractivity contribution is 0.479. The molecule has 2 heterocycles.